The van der Waals surface area contributed by atoms with Crippen molar-refractivity contribution in [3.63, 3.8) is 0 Å². The number of morpholine rings is 1. The maximum atomic E-state index is 12.9. The third-order valence-electron chi connectivity index (χ3n) is 4.50. The monoisotopic (exact) mass is 404 g/mol. The number of sulfonamides is 1. The van der Waals surface area contributed by atoms with E-state index in [0.29, 0.717) is 30.1 Å². The van der Waals surface area contributed by atoms with Gasteiger partial charge in [-0.2, -0.15) is 4.31 Å². The van der Waals surface area contributed by atoms with E-state index in [1.807, 2.05) is 19.9 Å². The molecule has 2 atom stereocenters. The summed E-state index contributed by atoms with van der Waals surface area (Å²) >= 11 is 0. The van der Waals surface area contributed by atoms with Gasteiger partial charge in [-0.1, -0.05) is 12.1 Å². The van der Waals surface area contributed by atoms with Gasteiger partial charge in [0, 0.05) is 18.7 Å². The van der Waals surface area contributed by atoms with Crippen LogP contribution in [0.4, 0.5) is 5.69 Å². The Balaban J connectivity index is 1.76. The highest BCUT2D eigenvalue weighted by molar-refractivity contribution is 7.89. The summed E-state index contributed by atoms with van der Waals surface area (Å²) in [6, 6.07) is 13.0. The van der Waals surface area contributed by atoms with Gasteiger partial charge in [0.05, 0.1) is 29.9 Å². The second-order valence-corrected chi connectivity index (χ2v) is 8.70. The standard InChI is InChI=1S/C20H24N2O5S/c1-14-12-22(13-15(2)27-14)28(24,25)17-10-8-16(9-11-17)20(23)21-18-6-4-5-7-19(18)26-3/h4-11,14-15H,12-13H2,1-3H3,(H,21,23)/t14-,15+. The molecule has 1 N–H and O–H groups in total. The normalized spacial score (nSPS) is 20.5. The van der Waals surface area contributed by atoms with Gasteiger partial charge in [0.15, 0.2) is 0 Å². The fourth-order valence-electron chi connectivity index (χ4n) is 3.20. The maximum absolute atomic E-state index is 12.9. The lowest BCUT2D eigenvalue weighted by atomic mass is 10.2. The van der Waals surface area contributed by atoms with Gasteiger partial charge in [-0.25, -0.2) is 8.42 Å². The maximum Gasteiger partial charge on any atom is 0.255 e. The summed E-state index contributed by atoms with van der Waals surface area (Å²) in [4.78, 5) is 12.6. The van der Waals surface area contributed by atoms with Crippen molar-refractivity contribution < 1.29 is 22.7 Å². The number of anilines is 1. The van der Waals surface area contributed by atoms with E-state index in [2.05, 4.69) is 5.32 Å². The molecule has 0 aromatic heterocycles. The topological polar surface area (TPSA) is 84.9 Å². The third kappa shape index (κ3) is 4.35. The molecule has 1 amide bonds. The second-order valence-electron chi connectivity index (χ2n) is 6.76. The van der Waals surface area contributed by atoms with Crippen molar-refractivity contribution in [3.05, 3.63) is 54.1 Å². The minimum atomic E-state index is -3.64. The molecule has 1 fully saturated rings. The summed E-state index contributed by atoms with van der Waals surface area (Å²) in [7, 11) is -2.11. The van der Waals surface area contributed by atoms with Crippen LogP contribution in [0.2, 0.25) is 0 Å². The fraction of sp³-hybridized carbons (Fsp3) is 0.350. The number of nitrogens with zero attached hydrogens (tertiary/aromatic N) is 1. The van der Waals surface area contributed by atoms with E-state index in [1.54, 1.807) is 18.2 Å². The molecule has 2 aromatic rings. The van der Waals surface area contributed by atoms with Crippen LogP contribution in [0.3, 0.4) is 0 Å². The van der Waals surface area contributed by atoms with E-state index in [9.17, 15) is 13.2 Å². The molecule has 0 bridgehead atoms. The number of carbonyl (C=O) groups is 1. The Labute approximate surface area is 165 Å². The van der Waals surface area contributed by atoms with Crippen LogP contribution in [0.1, 0.15) is 24.2 Å². The van der Waals surface area contributed by atoms with Gasteiger partial charge < -0.3 is 14.8 Å². The number of methoxy groups -OCH3 is 1. The molecule has 0 radical (unpaired) electrons. The molecule has 2 aromatic carbocycles. The molecule has 3 rings (SSSR count). The van der Waals surface area contributed by atoms with Gasteiger partial charge >= 0.3 is 0 Å². The Morgan fingerprint density at radius 1 is 1.07 bits per heavy atom. The van der Waals surface area contributed by atoms with Crippen LogP contribution in [0, 0.1) is 0 Å². The number of benzene rings is 2. The van der Waals surface area contributed by atoms with Crippen molar-refractivity contribution in [1.82, 2.24) is 4.31 Å². The molecular formula is C20H24N2O5S. The molecule has 1 saturated heterocycles. The van der Waals surface area contributed by atoms with Crippen molar-refractivity contribution in [2.24, 2.45) is 0 Å². The minimum absolute atomic E-state index is 0.155. The first-order valence-electron chi connectivity index (χ1n) is 9.01. The number of amides is 1. The summed E-state index contributed by atoms with van der Waals surface area (Å²) in [5.74, 6) is 0.202. The first-order valence-corrected chi connectivity index (χ1v) is 10.5. The van der Waals surface area contributed by atoms with Crippen LogP contribution in [0.25, 0.3) is 0 Å². The zero-order valence-corrected chi connectivity index (χ0v) is 16.9. The molecular weight excluding hydrogens is 380 g/mol. The van der Waals surface area contributed by atoms with Crippen LogP contribution >= 0.6 is 0 Å². The summed E-state index contributed by atoms with van der Waals surface area (Å²) < 4.78 is 38.0. The Morgan fingerprint density at radius 2 is 1.68 bits per heavy atom. The van der Waals surface area contributed by atoms with Gasteiger partial charge in [-0.3, -0.25) is 4.79 Å². The van der Waals surface area contributed by atoms with Crippen LogP contribution < -0.4 is 10.1 Å². The Bertz CT molecular complexity index is 933. The molecule has 0 saturated carbocycles. The summed E-state index contributed by atoms with van der Waals surface area (Å²) in [5.41, 5.74) is 0.900. The van der Waals surface area contributed by atoms with Gasteiger partial charge in [0.25, 0.3) is 5.91 Å². The van der Waals surface area contributed by atoms with E-state index in [4.69, 9.17) is 9.47 Å². The Hall–Kier alpha value is -2.42. The summed E-state index contributed by atoms with van der Waals surface area (Å²) in [6.45, 7) is 4.32. The molecule has 1 aliphatic heterocycles. The highest BCUT2D eigenvalue weighted by Crippen LogP contribution is 2.25. The van der Waals surface area contributed by atoms with Gasteiger partial charge in [-0.05, 0) is 50.2 Å². The summed E-state index contributed by atoms with van der Waals surface area (Å²) in [6.07, 6.45) is -0.325. The molecule has 1 aliphatic rings. The number of rotatable bonds is 5. The highest BCUT2D eigenvalue weighted by Gasteiger charge is 2.32. The number of ether oxygens (including phenoxy) is 2. The Kier molecular flexibility index (Phi) is 6.02. The zero-order valence-electron chi connectivity index (χ0n) is 16.1. The van der Waals surface area contributed by atoms with Crippen molar-refractivity contribution in [1.29, 1.82) is 0 Å². The largest absolute Gasteiger partial charge is 0.495 e. The first-order chi connectivity index (χ1) is 13.3. The van der Waals surface area contributed by atoms with Crippen molar-refractivity contribution in [3.8, 4) is 5.75 Å². The van der Waals surface area contributed by atoms with E-state index in [0.717, 1.165) is 0 Å². The van der Waals surface area contributed by atoms with Crippen LogP contribution in [0.5, 0.6) is 5.75 Å². The number of hydrogen-bond donors (Lipinski definition) is 1. The molecule has 0 aliphatic carbocycles. The molecule has 0 unspecified atom stereocenters. The average Bonchev–Trinajstić information content (AvgIpc) is 2.67. The zero-order chi connectivity index (χ0) is 20.3. The summed E-state index contributed by atoms with van der Waals surface area (Å²) in [5, 5.41) is 2.77. The van der Waals surface area contributed by atoms with Crippen LogP contribution in [-0.4, -0.2) is 51.0 Å². The second kappa shape index (κ2) is 8.30. The third-order valence-corrected chi connectivity index (χ3v) is 6.34. The number of hydrogen-bond acceptors (Lipinski definition) is 5. The fourth-order valence-corrected chi connectivity index (χ4v) is 4.79. The number of carbonyl (C=O) groups excluding carboxylic acids is 1. The van der Waals surface area contributed by atoms with E-state index >= 15 is 0 Å². The van der Waals surface area contributed by atoms with E-state index in [-0.39, 0.29) is 23.0 Å². The number of para-hydroxylation sites is 2. The molecule has 7 nitrogen and oxygen atoms in total. The molecule has 8 heteroatoms. The SMILES string of the molecule is COc1ccccc1NC(=O)c1ccc(S(=O)(=O)N2C[C@@H](C)O[C@@H](C)C2)cc1. The molecule has 150 valence electrons. The van der Waals surface area contributed by atoms with Crippen LogP contribution in [-0.2, 0) is 14.8 Å². The molecule has 1 heterocycles. The smallest absolute Gasteiger partial charge is 0.255 e. The Morgan fingerprint density at radius 3 is 2.29 bits per heavy atom. The number of nitrogens with one attached hydrogen (secondary N) is 1. The lowest BCUT2D eigenvalue weighted by molar-refractivity contribution is -0.0440. The van der Waals surface area contributed by atoms with Gasteiger partial charge in [-0.15, -0.1) is 0 Å². The molecule has 0 spiro atoms. The lowest BCUT2D eigenvalue weighted by Gasteiger charge is -2.34. The van der Waals surface area contributed by atoms with E-state index < -0.39 is 10.0 Å². The highest BCUT2D eigenvalue weighted by atomic mass is 32.2. The van der Waals surface area contributed by atoms with Gasteiger partial charge in [0.1, 0.15) is 5.75 Å². The van der Waals surface area contributed by atoms with E-state index in [1.165, 1.54) is 35.7 Å². The van der Waals surface area contributed by atoms with Gasteiger partial charge in [0.2, 0.25) is 10.0 Å². The minimum Gasteiger partial charge on any atom is -0.495 e. The van der Waals surface area contributed by atoms with Crippen molar-refractivity contribution in [2.45, 2.75) is 31.0 Å². The predicted molar refractivity (Wildman–Crippen MR) is 106 cm³/mol. The first kappa shape index (κ1) is 20.3. The van der Waals surface area contributed by atoms with Crippen molar-refractivity contribution in [2.75, 3.05) is 25.5 Å². The molecule has 28 heavy (non-hydrogen) atoms. The lowest BCUT2D eigenvalue weighted by Crippen LogP contribution is -2.48. The average molecular weight is 404 g/mol. The van der Waals surface area contributed by atoms with Crippen LogP contribution in [0.15, 0.2) is 53.4 Å². The van der Waals surface area contributed by atoms with Crippen molar-refractivity contribution >= 4 is 21.6 Å². The predicted octanol–water partition coefficient (Wildman–Crippen LogP) is 2.75. The quantitative estimate of drug-likeness (QED) is 0.828.